The molecule has 32 heavy (non-hydrogen) atoms. The highest BCUT2D eigenvalue weighted by Crippen LogP contribution is 2.33. The molecular formula is C26H21ClN2O2S. The molecule has 0 unspecified atom stereocenters. The number of hydrogen-bond donors (Lipinski definition) is 2. The first-order valence-corrected chi connectivity index (χ1v) is 11.4. The van der Waals surface area contributed by atoms with Crippen molar-refractivity contribution in [3.63, 3.8) is 0 Å². The summed E-state index contributed by atoms with van der Waals surface area (Å²) in [4.78, 5) is 26.1. The number of fused-ring (bicyclic) bond motifs is 1. The minimum Gasteiger partial charge on any atom is -0.325 e. The van der Waals surface area contributed by atoms with E-state index in [1.807, 2.05) is 73.7 Å². The molecule has 2 amide bonds. The molecule has 0 aromatic heterocycles. The maximum Gasteiger partial charge on any atom is 0.255 e. The molecule has 0 bridgehead atoms. The van der Waals surface area contributed by atoms with Crippen LogP contribution in [0.25, 0.3) is 10.8 Å². The number of thioether (sulfide) groups is 1. The van der Waals surface area contributed by atoms with Crippen molar-refractivity contribution in [2.24, 2.45) is 0 Å². The topological polar surface area (TPSA) is 58.2 Å². The molecule has 160 valence electrons. The monoisotopic (exact) mass is 460 g/mol. The lowest BCUT2D eigenvalue weighted by atomic mass is 10.1. The van der Waals surface area contributed by atoms with Crippen molar-refractivity contribution in [2.45, 2.75) is 11.8 Å². The molecule has 0 fully saturated rings. The fraction of sp³-hybridized carbons (Fsp3) is 0.0769. The Balaban J connectivity index is 1.44. The van der Waals surface area contributed by atoms with Crippen LogP contribution in [0.1, 0.15) is 15.9 Å². The van der Waals surface area contributed by atoms with Gasteiger partial charge >= 0.3 is 0 Å². The number of nitrogens with one attached hydrogen (secondary N) is 2. The molecule has 0 aliphatic carbocycles. The van der Waals surface area contributed by atoms with E-state index in [4.69, 9.17) is 11.6 Å². The fourth-order valence-electron chi connectivity index (χ4n) is 3.40. The summed E-state index contributed by atoms with van der Waals surface area (Å²) in [6, 6.07) is 26.2. The summed E-state index contributed by atoms with van der Waals surface area (Å²) in [6.45, 7) is 1.87. The van der Waals surface area contributed by atoms with Gasteiger partial charge in [-0.3, -0.25) is 9.59 Å². The van der Waals surface area contributed by atoms with Crippen molar-refractivity contribution < 1.29 is 9.59 Å². The van der Waals surface area contributed by atoms with Crippen LogP contribution < -0.4 is 10.6 Å². The highest BCUT2D eigenvalue weighted by molar-refractivity contribution is 8.00. The number of amides is 2. The first-order valence-electron chi connectivity index (χ1n) is 10.1. The van der Waals surface area contributed by atoms with E-state index in [0.717, 1.165) is 21.2 Å². The van der Waals surface area contributed by atoms with E-state index in [-0.39, 0.29) is 17.6 Å². The third-order valence-corrected chi connectivity index (χ3v) is 6.44. The van der Waals surface area contributed by atoms with Gasteiger partial charge in [-0.05, 0) is 54.3 Å². The minimum absolute atomic E-state index is 0.131. The standard InChI is InChI=1S/C26H21ClN2O2S/c1-17-21(13-7-14-22(17)29-26(31)19-8-3-2-4-9-19)28-24(30)16-32-23-15-6-11-18-10-5-12-20(27)25(18)23/h2-15H,16H2,1H3,(H,28,30)(H,29,31). The van der Waals surface area contributed by atoms with Crippen LogP contribution in [-0.4, -0.2) is 17.6 Å². The Kier molecular flexibility index (Phi) is 6.78. The third-order valence-electron chi connectivity index (χ3n) is 5.07. The van der Waals surface area contributed by atoms with Gasteiger partial charge in [0.1, 0.15) is 0 Å². The van der Waals surface area contributed by atoms with Gasteiger partial charge in [0.05, 0.1) is 5.75 Å². The normalized spacial score (nSPS) is 10.7. The summed E-state index contributed by atoms with van der Waals surface area (Å²) in [5.41, 5.74) is 2.69. The first-order chi connectivity index (χ1) is 15.5. The van der Waals surface area contributed by atoms with Crippen molar-refractivity contribution in [3.05, 3.63) is 101 Å². The van der Waals surface area contributed by atoms with Gasteiger partial charge in [-0.15, -0.1) is 11.8 Å². The second-order valence-electron chi connectivity index (χ2n) is 7.23. The Morgan fingerprint density at radius 3 is 2.22 bits per heavy atom. The van der Waals surface area contributed by atoms with E-state index in [9.17, 15) is 9.59 Å². The van der Waals surface area contributed by atoms with Crippen molar-refractivity contribution in [1.82, 2.24) is 0 Å². The minimum atomic E-state index is -0.194. The van der Waals surface area contributed by atoms with Crippen LogP contribution in [-0.2, 0) is 4.79 Å². The molecule has 0 radical (unpaired) electrons. The zero-order valence-electron chi connectivity index (χ0n) is 17.4. The Morgan fingerprint density at radius 2 is 1.47 bits per heavy atom. The second kappa shape index (κ2) is 9.90. The number of rotatable bonds is 6. The van der Waals surface area contributed by atoms with Crippen molar-refractivity contribution in [3.8, 4) is 0 Å². The Bertz CT molecular complexity index is 1290. The molecule has 4 nitrogen and oxygen atoms in total. The number of benzene rings is 4. The molecule has 0 saturated heterocycles. The maximum atomic E-state index is 12.7. The van der Waals surface area contributed by atoms with E-state index in [2.05, 4.69) is 10.6 Å². The van der Waals surface area contributed by atoms with Gasteiger partial charge in [0, 0.05) is 32.2 Å². The summed E-state index contributed by atoms with van der Waals surface area (Å²) in [6.07, 6.45) is 0. The van der Waals surface area contributed by atoms with Crippen LogP contribution >= 0.6 is 23.4 Å². The van der Waals surface area contributed by atoms with Crippen molar-refractivity contribution in [2.75, 3.05) is 16.4 Å². The zero-order chi connectivity index (χ0) is 22.5. The molecule has 4 aromatic rings. The molecule has 0 aliphatic rings. The van der Waals surface area contributed by atoms with Crippen LogP contribution in [0, 0.1) is 6.92 Å². The lowest BCUT2D eigenvalue weighted by Crippen LogP contribution is -2.17. The molecule has 0 aliphatic heterocycles. The number of carbonyl (C=O) groups excluding carboxylic acids is 2. The molecule has 4 aromatic carbocycles. The van der Waals surface area contributed by atoms with Gasteiger partial charge in [-0.1, -0.05) is 60.1 Å². The van der Waals surface area contributed by atoms with E-state index < -0.39 is 0 Å². The second-order valence-corrected chi connectivity index (χ2v) is 8.65. The van der Waals surface area contributed by atoms with Gasteiger partial charge in [0.15, 0.2) is 0 Å². The number of halogens is 1. The number of hydrogen-bond acceptors (Lipinski definition) is 3. The van der Waals surface area contributed by atoms with Crippen LogP contribution in [0.5, 0.6) is 0 Å². The van der Waals surface area contributed by atoms with Gasteiger partial charge < -0.3 is 10.6 Å². The summed E-state index contributed by atoms with van der Waals surface area (Å²) >= 11 is 7.83. The predicted octanol–water partition coefficient (Wildman–Crippen LogP) is 6.78. The highest BCUT2D eigenvalue weighted by atomic mass is 35.5. The van der Waals surface area contributed by atoms with Crippen LogP contribution in [0.2, 0.25) is 5.02 Å². The first kappa shape index (κ1) is 21.9. The average Bonchev–Trinajstić information content (AvgIpc) is 2.81. The molecule has 0 saturated carbocycles. The molecule has 2 N–H and O–H groups in total. The van der Waals surface area contributed by atoms with Gasteiger partial charge in [0.25, 0.3) is 5.91 Å². The molecule has 0 spiro atoms. The molecule has 4 rings (SSSR count). The smallest absolute Gasteiger partial charge is 0.255 e. The van der Waals surface area contributed by atoms with Crippen LogP contribution in [0.3, 0.4) is 0 Å². The van der Waals surface area contributed by atoms with E-state index in [1.54, 1.807) is 18.2 Å². The third kappa shape index (κ3) is 4.96. The van der Waals surface area contributed by atoms with E-state index in [1.165, 1.54) is 11.8 Å². The lowest BCUT2D eigenvalue weighted by Gasteiger charge is -2.14. The highest BCUT2D eigenvalue weighted by Gasteiger charge is 2.12. The summed E-state index contributed by atoms with van der Waals surface area (Å²) in [7, 11) is 0. The molecular weight excluding hydrogens is 440 g/mol. The SMILES string of the molecule is Cc1c(NC(=O)CSc2cccc3cccc(Cl)c23)cccc1NC(=O)c1ccccc1. The molecule has 6 heteroatoms. The van der Waals surface area contributed by atoms with Crippen molar-refractivity contribution in [1.29, 1.82) is 0 Å². The Morgan fingerprint density at radius 1 is 0.812 bits per heavy atom. The lowest BCUT2D eigenvalue weighted by molar-refractivity contribution is -0.113. The largest absolute Gasteiger partial charge is 0.325 e. The Labute approximate surface area is 196 Å². The van der Waals surface area contributed by atoms with Crippen LogP contribution in [0.4, 0.5) is 11.4 Å². The zero-order valence-corrected chi connectivity index (χ0v) is 19.0. The number of anilines is 2. The maximum absolute atomic E-state index is 12.7. The molecule has 0 atom stereocenters. The van der Waals surface area contributed by atoms with Gasteiger partial charge in [0.2, 0.25) is 5.91 Å². The van der Waals surface area contributed by atoms with Crippen LogP contribution in [0.15, 0.2) is 89.8 Å². The number of carbonyl (C=O) groups is 2. The quantitative estimate of drug-likeness (QED) is 0.311. The van der Waals surface area contributed by atoms with Gasteiger partial charge in [-0.25, -0.2) is 0 Å². The Hall–Kier alpha value is -3.28. The summed E-state index contributed by atoms with van der Waals surface area (Å²) in [5, 5.41) is 8.53. The van der Waals surface area contributed by atoms with Gasteiger partial charge in [-0.2, -0.15) is 0 Å². The summed E-state index contributed by atoms with van der Waals surface area (Å²) < 4.78 is 0. The fourth-order valence-corrected chi connectivity index (χ4v) is 4.65. The predicted molar refractivity (Wildman–Crippen MR) is 134 cm³/mol. The van der Waals surface area contributed by atoms with E-state index in [0.29, 0.717) is 22.0 Å². The summed E-state index contributed by atoms with van der Waals surface area (Å²) in [5.74, 6) is -0.0843. The average molecular weight is 461 g/mol. The van der Waals surface area contributed by atoms with Crippen molar-refractivity contribution >= 4 is 57.3 Å². The van der Waals surface area contributed by atoms with E-state index >= 15 is 0 Å². The molecule has 0 heterocycles.